The van der Waals surface area contributed by atoms with Crippen LogP contribution in [0.3, 0.4) is 0 Å². The molecule has 130 valence electrons. The Morgan fingerprint density at radius 3 is 2.83 bits per heavy atom. The fourth-order valence-corrected chi connectivity index (χ4v) is 3.32. The minimum Gasteiger partial charge on any atom is -0.493 e. The van der Waals surface area contributed by atoms with Crippen LogP contribution in [-0.4, -0.2) is 32.3 Å². The van der Waals surface area contributed by atoms with Crippen LogP contribution in [0, 0.1) is 5.92 Å². The summed E-state index contributed by atoms with van der Waals surface area (Å²) in [6, 6.07) is 4.00. The molecule has 0 bridgehead atoms. The maximum atomic E-state index is 12.2. The molecule has 2 aliphatic rings. The monoisotopic (exact) mass is 331 g/mol. The van der Waals surface area contributed by atoms with Crippen LogP contribution in [0.15, 0.2) is 18.2 Å². The SMILES string of the molecule is COc1cc(/C=C/C(=O)NC2CCCCC2C)cc2c1OCCO2. The van der Waals surface area contributed by atoms with E-state index < -0.39 is 0 Å². The zero-order valence-electron chi connectivity index (χ0n) is 14.3. The van der Waals surface area contributed by atoms with E-state index in [2.05, 4.69) is 12.2 Å². The van der Waals surface area contributed by atoms with E-state index in [-0.39, 0.29) is 11.9 Å². The topological polar surface area (TPSA) is 56.8 Å². The molecule has 1 amide bonds. The fourth-order valence-electron chi connectivity index (χ4n) is 3.32. The molecule has 1 fully saturated rings. The first-order valence-electron chi connectivity index (χ1n) is 8.63. The van der Waals surface area contributed by atoms with Gasteiger partial charge < -0.3 is 19.5 Å². The van der Waals surface area contributed by atoms with Crippen molar-refractivity contribution in [1.82, 2.24) is 5.32 Å². The lowest BCUT2D eigenvalue weighted by molar-refractivity contribution is -0.117. The van der Waals surface area contributed by atoms with E-state index in [0.29, 0.717) is 36.4 Å². The van der Waals surface area contributed by atoms with Gasteiger partial charge in [-0.1, -0.05) is 19.8 Å². The average molecular weight is 331 g/mol. The maximum absolute atomic E-state index is 12.2. The molecule has 1 N–H and O–H groups in total. The second kappa shape index (κ2) is 7.60. The van der Waals surface area contributed by atoms with Gasteiger partial charge in [0.05, 0.1) is 7.11 Å². The van der Waals surface area contributed by atoms with Crippen molar-refractivity contribution >= 4 is 12.0 Å². The molecule has 2 atom stereocenters. The lowest BCUT2D eigenvalue weighted by Gasteiger charge is -2.29. The van der Waals surface area contributed by atoms with Gasteiger partial charge in [0.15, 0.2) is 11.5 Å². The number of hydrogen-bond acceptors (Lipinski definition) is 4. The molecule has 0 radical (unpaired) electrons. The Hall–Kier alpha value is -2.17. The minimum atomic E-state index is -0.0531. The summed E-state index contributed by atoms with van der Waals surface area (Å²) in [5.74, 6) is 2.39. The molecule has 2 unspecified atom stereocenters. The molecule has 1 aliphatic carbocycles. The lowest BCUT2D eigenvalue weighted by atomic mass is 9.86. The van der Waals surface area contributed by atoms with E-state index in [1.807, 2.05) is 12.1 Å². The molecular formula is C19H25NO4. The molecular weight excluding hydrogens is 306 g/mol. The van der Waals surface area contributed by atoms with Gasteiger partial charge in [-0.25, -0.2) is 0 Å². The molecule has 24 heavy (non-hydrogen) atoms. The maximum Gasteiger partial charge on any atom is 0.244 e. The highest BCUT2D eigenvalue weighted by Crippen LogP contribution is 2.40. The first kappa shape index (κ1) is 16.7. The Kier molecular flexibility index (Phi) is 5.28. The molecule has 5 nitrogen and oxygen atoms in total. The van der Waals surface area contributed by atoms with Crippen LogP contribution in [-0.2, 0) is 4.79 Å². The summed E-state index contributed by atoms with van der Waals surface area (Å²) in [6.45, 7) is 3.24. The van der Waals surface area contributed by atoms with E-state index in [4.69, 9.17) is 14.2 Å². The second-order valence-corrected chi connectivity index (χ2v) is 6.46. The lowest BCUT2D eigenvalue weighted by Crippen LogP contribution is -2.40. The molecule has 0 aromatic heterocycles. The molecule has 0 saturated heterocycles. The number of amides is 1. The third-order valence-corrected chi connectivity index (χ3v) is 4.72. The van der Waals surface area contributed by atoms with Gasteiger partial charge in [0.2, 0.25) is 11.7 Å². The van der Waals surface area contributed by atoms with Crippen molar-refractivity contribution in [3.8, 4) is 17.2 Å². The summed E-state index contributed by atoms with van der Waals surface area (Å²) in [7, 11) is 1.60. The second-order valence-electron chi connectivity index (χ2n) is 6.46. The molecule has 1 heterocycles. The molecule has 0 spiro atoms. The summed E-state index contributed by atoms with van der Waals surface area (Å²) in [5.41, 5.74) is 0.850. The number of benzene rings is 1. The van der Waals surface area contributed by atoms with E-state index in [9.17, 15) is 4.79 Å². The standard InChI is InChI=1S/C19H25NO4/c1-13-5-3-4-6-15(13)20-18(21)8-7-14-11-16(22-2)19-17(12-14)23-9-10-24-19/h7-8,11-13,15H,3-6,9-10H2,1-2H3,(H,20,21)/b8-7+. The number of carbonyl (C=O) groups is 1. The zero-order valence-corrected chi connectivity index (χ0v) is 14.3. The summed E-state index contributed by atoms with van der Waals surface area (Å²) in [5, 5.41) is 3.12. The number of nitrogens with one attached hydrogen (secondary N) is 1. The first-order chi connectivity index (χ1) is 11.7. The van der Waals surface area contributed by atoms with Crippen molar-refractivity contribution in [1.29, 1.82) is 0 Å². The number of carbonyl (C=O) groups excluding carboxylic acids is 1. The number of fused-ring (bicyclic) bond motifs is 1. The summed E-state index contributed by atoms with van der Waals surface area (Å²) in [6.07, 6.45) is 8.07. The van der Waals surface area contributed by atoms with Gasteiger partial charge in [-0.2, -0.15) is 0 Å². The van der Waals surface area contributed by atoms with Crippen LogP contribution in [0.5, 0.6) is 17.2 Å². The van der Waals surface area contributed by atoms with Crippen LogP contribution in [0.4, 0.5) is 0 Å². The minimum absolute atomic E-state index is 0.0531. The quantitative estimate of drug-likeness (QED) is 0.861. The number of rotatable bonds is 4. The summed E-state index contributed by atoms with van der Waals surface area (Å²) in [4.78, 5) is 12.2. The van der Waals surface area contributed by atoms with Gasteiger partial charge in [0, 0.05) is 12.1 Å². The Labute approximate surface area is 143 Å². The van der Waals surface area contributed by atoms with E-state index >= 15 is 0 Å². The third kappa shape index (κ3) is 3.83. The van der Waals surface area contributed by atoms with Crippen molar-refractivity contribution < 1.29 is 19.0 Å². The average Bonchev–Trinajstić information content (AvgIpc) is 2.61. The van der Waals surface area contributed by atoms with Gasteiger partial charge in [0.1, 0.15) is 13.2 Å². The number of methoxy groups -OCH3 is 1. The van der Waals surface area contributed by atoms with Crippen molar-refractivity contribution in [2.24, 2.45) is 5.92 Å². The third-order valence-electron chi connectivity index (χ3n) is 4.72. The first-order valence-corrected chi connectivity index (χ1v) is 8.63. The van der Waals surface area contributed by atoms with Gasteiger partial charge in [-0.3, -0.25) is 4.79 Å². The van der Waals surface area contributed by atoms with E-state index in [1.165, 1.54) is 19.3 Å². The van der Waals surface area contributed by atoms with Crippen LogP contribution >= 0.6 is 0 Å². The van der Waals surface area contributed by atoms with E-state index in [1.54, 1.807) is 19.3 Å². The predicted molar refractivity (Wildman–Crippen MR) is 92.6 cm³/mol. The zero-order chi connectivity index (χ0) is 16.9. The van der Waals surface area contributed by atoms with E-state index in [0.717, 1.165) is 12.0 Å². The Balaban J connectivity index is 1.68. The Morgan fingerprint density at radius 2 is 2.04 bits per heavy atom. The summed E-state index contributed by atoms with van der Waals surface area (Å²) < 4.78 is 16.6. The molecule has 5 heteroatoms. The highest BCUT2D eigenvalue weighted by molar-refractivity contribution is 5.92. The molecule has 1 aromatic rings. The van der Waals surface area contributed by atoms with Crippen LogP contribution < -0.4 is 19.5 Å². The van der Waals surface area contributed by atoms with Crippen molar-refractivity contribution in [3.63, 3.8) is 0 Å². The number of hydrogen-bond donors (Lipinski definition) is 1. The normalized spacial score (nSPS) is 23.1. The molecule has 3 rings (SSSR count). The highest BCUT2D eigenvalue weighted by Gasteiger charge is 2.22. The number of ether oxygens (including phenoxy) is 3. The fraction of sp³-hybridized carbons (Fsp3) is 0.526. The van der Waals surface area contributed by atoms with Crippen LogP contribution in [0.1, 0.15) is 38.2 Å². The van der Waals surface area contributed by atoms with Gasteiger partial charge in [-0.05, 0) is 42.5 Å². The predicted octanol–water partition coefficient (Wildman–Crippen LogP) is 3.17. The van der Waals surface area contributed by atoms with Gasteiger partial charge >= 0.3 is 0 Å². The summed E-state index contributed by atoms with van der Waals surface area (Å²) >= 11 is 0. The van der Waals surface area contributed by atoms with Crippen LogP contribution in [0.25, 0.3) is 6.08 Å². The van der Waals surface area contributed by atoms with Crippen molar-refractivity contribution in [2.75, 3.05) is 20.3 Å². The Morgan fingerprint density at radius 1 is 1.25 bits per heavy atom. The largest absolute Gasteiger partial charge is 0.493 e. The van der Waals surface area contributed by atoms with Crippen LogP contribution in [0.2, 0.25) is 0 Å². The van der Waals surface area contributed by atoms with Gasteiger partial charge in [-0.15, -0.1) is 0 Å². The molecule has 1 saturated carbocycles. The van der Waals surface area contributed by atoms with Crippen molar-refractivity contribution in [3.05, 3.63) is 23.8 Å². The van der Waals surface area contributed by atoms with Crippen molar-refractivity contribution in [2.45, 2.75) is 38.6 Å². The molecule has 1 aromatic carbocycles. The highest BCUT2D eigenvalue weighted by atomic mass is 16.6. The smallest absolute Gasteiger partial charge is 0.244 e. The molecule has 1 aliphatic heterocycles. The Bertz CT molecular complexity index is 609. The van der Waals surface area contributed by atoms with Gasteiger partial charge in [0.25, 0.3) is 0 Å².